The monoisotopic (exact) mass is 459 g/mol. The summed E-state index contributed by atoms with van der Waals surface area (Å²) in [5, 5.41) is 13.7. The second-order valence-corrected chi connectivity index (χ2v) is 9.11. The van der Waals surface area contributed by atoms with Crippen LogP contribution in [0.3, 0.4) is 0 Å². The van der Waals surface area contributed by atoms with E-state index in [1.807, 2.05) is 78.0 Å². The van der Waals surface area contributed by atoms with Gasteiger partial charge in [0.1, 0.15) is 12.4 Å². The van der Waals surface area contributed by atoms with Crippen molar-refractivity contribution in [1.82, 2.24) is 0 Å². The molecule has 0 saturated heterocycles. The van der Waals surface area contributed by atoms with Crippen LogP contribution in [0.25, 0.3) is 22.3 Å². The molecule has 0 saturated carbocycles. The summed E-state index contributed by atoms with van der Waals surface area (Å²) in [6, 6.07) is 14.8. The highest BCUT2D eigenvalue weighted by Crippen LogP contribution is 2.37. The van der Waals surface area contributed by atoms with Crippen molar-refractivity contribution in [3.63, 3.8) is 0 Å². The van der Waals surface area contributed by atoms with E-state index in [2.05, 4.69) is 11.4 Å². The van der Waals surface area contributed by atoms with Gasteiger partial charge in [-0.25, -0.2) is 4.39 Å². The molecular formula is C30H34FNO2. The minimum absolute atomic E-state index is 0.100. The second kappa shape index (κ2) is 11.1. The Kier molecular flexibility index (Phi) is 8.17. The minimum atomic E-state index is -0.257. The SMILES string of the molecule is CC(C)=CCNc1ccc(-c2cc(C)c(-c3ccc(OCC=C(C)C)c(O)c3)cc2C)c(F)c1. The average Bonchev–Trinajstić information content (AvgIpc) is 2.76. The smallest absolute Gasteiger partial charge is 0.161 e. The zero-order valence-electron chi connectivity index (χ0n) is 20.9. The van der Waals surface area contributed by atoms with Crippen molar-refractivity contribution in [3.8, 4) is 33.8 Å². The molecule has 0 spiro atoms. The topological polar surface area (TPSA) is 41.5 Å². The average molecular weight is 460 g/mol. The van der Waals surface area contributed by atoms with E-state index in [0.717, 1.165) is 39.1 Å². The van der Waals surface area contributed by atoms with E-state index in [0.29, 0.717) is 24.5 Å². The molecule has 34 heavy (non-hydrogen) atoms. The zero-order valence-corrected chi connectivity index (χ0v) is 20.9. The number of allylic oxidation sites excluding steroid dienone is 2. The molecule has 0 aliphatic rings. The van der Waals surface area contributed by atoms with Crippen molar-refractivity contribution in [2.45, 2.75) is 41.5 Å². The summed E-state index contributed by atoms with van der Waals surface area (Å²) in [7, 11) is 0. The van der Waals surface area contributed by atoms with Gasteiger partial charge in [0, 0.05) is 17.8 Å². The number of hydrogen-bond acceptors (Lipinski definition) is 3. The first-order valence-corrected chi connectivity index (χ1v) is 11.5. The number of hydrogen-bond donors (Lipinski definition) is 2. The van der Waals surface area contributed by atoms with Crippen molar-refractivity contribution < 1.29 is 14.2 Å². The van der Waals surface area contributed by atoms with E-state index in [1.165, 1.54) is 5.57 Å². The van der Waals surface area contributed by atoms with Crippen LogP contribution in [0.5, 0.6) is 11.5 Å². The number of phenols is 1. The number of benzene rings is 3. The zero-order chi connectivity index (χ0) is 24.8. The lowest BCUT2D eigenvalue weighted by molar-refractivity contribution is 0.335. The molecule has 4 heteroatoms. The van der Waals surface area contributed by atoms with Gasteiger partial charge in [0.05, 0.1) is 0 Å². The maximum absolute atomic E-state index is 15.0. The van der Waals surface area contributed by atoms with Crippen molar-refractivity contribution in [2.24, 2.45) is 0 Å². The molecule has 0 fully saturated rings. The fourth-order valence-corrected chi connectivity index (χ4v) is 3.74. The molecule has 3 nitrogen and oxygen atoms in total. The molecule has 0 bridgehead atoms. The molecule has 3 rings (SSSR count). The molecule has 0 aliphatic heterocycles. The molecule has 3 aromatic rings. The molecule has 2 N–H and O–H groups in total. The van der Waals surface area contributed by atoms with Crippen molar-refractivity contribution in [2.75, 3.05) is 18.5 Å². The van der Waals surface area contributed by atoms with Gasteiger partial charge in [0.25, 0.3) is 0 Å². The molecule has 178 valence electrons. The minimum Gasteiger partial charge on any atom is -0.504 e. The Bertz CT molecular complexity index is 1230. The number of phenolic OH excluding ortho intramolecular Hbond substituents is 1. The molecule has 0 aliphatic carbocycles. The Labute approximate surface area is 202 Å². The highest BCUT2D eigenvalue weighted by molar-refractivity contribution is 5.78. The van der Waals surface area contributed by atoms with Gasteiger partial charge < -0.3 is 15.2 Å². The van der Waals surface area contributed by atoms with Crippen LogP contribution in [0, 0.1) is 19.7 Å². The van der Waals surface area contributed by atoms with Crippen LogP contribution in [-0.2, 0) is 0 Å². The summed E-state index contributed by atoms with van der Waals surface area (Å²) in [6.07, 6.45) is 4.03. The van der Waals surface area contributed by atoms with Gasteiger partial charge in [0.2, 0.25) is 0 Å². The third-order valence-electron chi connectivity index (χ3n) is 5.65. The van der Waals surface area contributed by atoms with Gasteiger partial charge in [-0.2, -0.15) is 0 Å². The van der Waals surface area contributed by atoms with Crippen LogP contribution in [0.1, 0.15) is 38.8 Å². The number of halogens is 1. The van der Waals surface area contributed by atoms with Crippen LogP contribution in [0.4, 0.5) is 10.1 Å². The predicted molar refractivity (Wildman–Crippen MR) is 141 cm³/mol. The van der Waals surface area contributed by atoms with Gasteiger partial charge >= 0.3 is 0 Å². The first-order valence-electron chi connectivity index (χ1n) is 11.5. The quantitative estimate of drug-likeness (QED) is 0.334. The molecule has 3 aromatic carbocycles. The fourth-order valence-electron chi connectivity index (χ4n) is 3.74. The largest absolute Gasteiger partial charge is 0.504 e. The standard InChI is InChI=1S/C30H34FNO2/c1-19(2)11-13-32-24-8-9-25(28(31)18-24)27-16-21(5)26(15-22(27)6)23-7-10-30(29(33)17-23)34-14-12-20(3)4/h7-12,15-18,32-33H,13-14H2,1-6H3. The van der Waals surface area contributed by atoms with Crippen LogP contribution in [0.15, 0.2) is 71.8 Å². The summed E-state index contributed by atoms with van der Waals surface area (Å²) in [6.45, 7) is 13.1. The molecule has 0 amide bonds. The highest BCUT2D eigenvalue weighted by Gasteiger charge is 2.14. The van der Waals surface area contributed by atoms with Crippen LogP contribution in [-0.4, -0.2) is 18.3 Å². The fraction of sp³-hybridized carbons (Fsp3) is 0.267. The first-order chi connectivity index (χ1) is 16.2. The Morgan fingerprint density at radius 1 is 0.853 bits per heavy atom. The summed E-state index contributed by atoms with van der Waals surface area (Å²) in [5.74, 6) is 0.295. The Hall–Kier alpha value is -3.53. The van der Waals surface area contributed by atoms with Crippen LogP contribution >= 0.6 is 0 Å². The van der Waals surface area contributed by atoms with Gasteiger partial charge in [0.15, 0.2) is 11.5 Å². The van der Waals surface area contributed by atoms with Gasteiger partial charge in [-0.15, -0.1) is 0 Å². The molecule has 0 atom stereocenters. The molecule has 0 heterocycles. The maximum Gasteiger partial charge on any atom is 0.161 e. The lowest BCUT2D eigenvalue weighted by Gasteiger charge is -2.15. The lowest BCUT2D eigenvalue weighted by atomic mass is 9.91. The molecule has 0 radical (unpaired) electrons. The summed E-state index contributed by atoms with van der Waals surface area (Å²) < 4.78 is 20.7. The summed E-state index contributed by atoms with van der Waals surface area (Å²) in [4.78, 5) is 0. The van der Waals surface area contributed by atoms with E-state index >= 15 is 0 Å². The van der Waals surface area contributed by atoms with E-state index < -0.39 is 0 Å². The van der Waals surface area contributed by atoms with Crippen molar-refractivity contribution in [3.05, 3.63) is 88.8 Å². The van der Waals surface area contributed by atoms with Crippen molar-refractivity contribution in [1.29, 1.82) is 0 Å². The molecular weight excluding hydrogens is 425 g/mol. The van der Waals surface area contributed by atoms with Gasteiger partial charge in [-0.3, -0.25) is 0 Å². The number of nitrogens with one attached hydrogen (secondary N) is 1. The number of aromatic hydroxyl groups is 1. The Morgan fingerprint density at radius 3 is 2.18 bits per heavy atom. The van der Waals surface area contributed by atoms with E-state index in [1.54, 1.807) is 18.2 Å². The Balaban J connectivity index is 1.86. The van der Waals surface area contributed by atoms with Gasteiger partial charge in [-0.1, -0.05) is 35.4 Å². The lowest BCUT2D eigenvalue weighted by Crippen LogP contribution is -2.00. The third kappa shape index (κ3) is 6.28. The second-order valence-electron chi connectivity index (χ2n) is 9.11. The predicted octanol–water partition coefficient (Wildman–Crippen LogP) is 8.21. The first kappa shape index (κ1) is 25.1. The van der Waals surface area contributed by atoms with Gasteiger partial charge in [-0.05, 0) is 106 Å². The van der Waals surface area contributed by atoms with Crippen LogP contribution in [0.2, 0.25) is 0 Å². The number of aryl methyl sites for hydroxylation is 2. The Morgan fingerprint density at radius 2 is 1.53 bits per heavy atom. The normalized spacial score (nSPS) is 10.6. The summed E-state index contributed by atoms with van der Waals surface area (Å²) in [5.41, 5.74) is 8.42. The summed E-state index contributed by atoms with van der Waals surface area (Å²) >= 11 is 0. The van der Waals surface area contributed by atoms with E-state index in [-0.39, 0.29) is 11.6 Å². The molecule has 0 aromatic heterocycles. The van der Waals surface area contributed by atoms with E-state index in [4.69, 9.17) is 4.74 Å². The van der Waals surface area contributed by atoms with Crippen LogP contribution < -0.4 is 10.1 Å². The molecule has 0 unspecified atom stereocenters. The highest BCUT2D eigenvalue weighted by atomic mass is 19.1. The third-order valence-corrected chi connectivity index (χ3v) is 5.65. The number of rotatable bonds is 8. The number of anilines is 1. The van der Waals surface area contributed by atoms with E-state index in [9.17, 15) is 9.50 Å². The number of ether oxygens (including phenoxy) is 1. The maximum atomic E-state index is 15.0. The van der Waals surface area contributed by atoms with Crippen molar-refractivity contribution >= 4 is 5.69 Å².